The summed E-state index contributed by atoms with van der Waals surface area (Å²) in [6.45, 7) is 9.17. The molecule has 8 aromatic heterocycles. The second-order valence-electron chi connectivity index (χ2n) is 21.4. The van der Waals surface area contributed by atoms with Crippen molar-refractivity contribution in [2.45, 2.75) is 207 Å². The number of ether oxygens (including phenoxy) is 1. The maximum Gasteiger partial charge on any atom is 0.174 e. The second-order valence-corrected chi connectivity index (χ2v) is 29.8. The van der Waals surface area contributed by atoms with Gasteiger partial charge in [0, 0.05) is 34.1 Å². The Morgan fingerprint density at radius 2 is 0.718 bits per heavy atom. The highest BCUT2D eigenvalue weighted by Crippen LogP contribution is 2.50. The predicted octanol–water partition coefficient (Wildman–Crippen LogP) is 24.7. The highest BCUT2D eigenvalue weighted by Gasteiger charge is 2.23. The maximum atomic E-state index is 12.0. The van der Waals surface area contributed by atoms with Crippen LogP contribution in [0.2, 0.25) is 0 Å². The number of hydrogen-bond donors (Lipinski definition) is 0. The highest BCUT2D eigenvalue weighted by molar-refractivity contribution is 7.31. The Morgan fingerprint density at radius 3 is 1.10 bits per heavy atom. The van der Waals surface area contributed by atoms with Crippen molar-refractivity contribution in [2.75, 3.05) is 7.11 Å². The first kappa shape index (κ1) is 59.3. The molecule has 0 aliphatic rings. The van der Waals surface area contributed by atoms with Crippen molar-refractivity contribution >= 4 is 117 Å². The van der Waals surface area contributed by atoms with Gasteiger partial charge < -0.3 is 4.74 Å². The molecular formula is C66H82N2O2S8. The summed E-state index contributed by atoms with van der Waals surface area (Å²) in [5.74, 6) is 0. The third kappa shape index (κ3) is 15.6. The molecular weight excluding hydrogens is 1110 g/mol. The molecule has 8 heterocycles. The largest absolute Gasteiger partial charge is 0.487 e. The maximum absolute atomic E-state index is 12.0. The molecule has 0 saturated carbocycles. The van der Waals surface area contributed by atoms with Crippen LogP contribution in [0.15, 0.2) is 60.7 Å². The number of fused-ring (bicyclic) bond motifs is 2. The molecule has 9 aromatic rings. The summed E-state index contributed by atoms with van der Waals surface area (Å²) in [4.78, 5) is 37.0. The summed E-state index contributed by atoms with van der Waals surface area (Å²) in [5, 5.41) is 3.23. The quantitative estimate of drug-likeness (QED) is 0.0290. The molecule has 0 aliphatic heterocycles. The Kier molecular flexibility index (Phi) is 23.3. The minimum atomic E-state index is 0.839. The lowest BCUT2D eigenvalue weighted by Crippen LogP contribution is -1.86. The van der Waals surface area contributed by atoms with Gasteiger partial charge in [0.05, 0.1) is 47.1 Å². The molecule has 4 nitrogen and oxygen atoms in total. The average molecular weight is 1190 g/mol. The molecule has 0 unspecified atom stereocenters. The van der Waals surface area contributed by atoms with Crippen molar-refractivity contribution in [2.24, 2.45) is 0 Å². The van der Waals surface area contributed by atoms with Crippen molar-refractivity contribution in [1.29, 1.82) is 0 Å². The molecule has 0 bridgehead atoms. The molecule has 0 amide bonds. The van der Waals surface area contributed by atoms with E-state index < -0.39 is 0 Å². The van der Waals surface area contributed by atoms with Crippen LogP contribution in [0, 0.1) is 0 Å². The van der Waals surface area contributed by atoms with Gasteiger partial charge in [-0.2, -0.15) is 0 Å². The molecule has 0 saturated heterocycles. The Balaban J connectivity index is 0.966. The molecule has 416 valence electrons. The SMILES string of the molecule is CCCCCCCCc1cc(C=O)sc1-c1ccc(-c2sc(-c3nc4cc5sc(-c6cc(CCCCCCCC)c(-c7ccc(-c8sc(OC)cc8CCCCCCCC)s7)s6)nc5cc4s3)cc2CCCCCCCC)s1. The van der Waals surface area contributed by atoms with Crippen LogP contribution >= 0.6 is 90.7 Å². The number of nitrogens with zero attached hydrogens (tertiary/aromatic N) is 2. The van der Waals surface area contributed by atoms with Gasteiger partial charge in [-0.15, -0.1) is 79.4 Å². The molecule has 0 atom stereocenters. The van der Waals surface area contributed by atoms with Gasteiger partial charge in [-0.05, 0) is 134 Å². The molecule has 1 aromatic carbocycles. The highest BCUT2D eigenvalue weighted by atomic mass is 32.1. The van der Waals surface area contributed by atoms with E-state index in [4.69, 9.17) is 14.7 Å². The third-order valence-electron chi connectivity index (χ3n) is 15.2. The molecule has 78 heavy (non-hydrogen) atoms. The number of carbonyl (C=O) groups is 1. The first-order valence-electron chi connectivity index (χ1n) is 29.8. The van der Waals surface area contributed by atoms with Crippen LogP contribution in [0.5, 0.6) is 5.06 Å². The van der Waals surface area contributed by atoms with Crippen molar-refractivity contribution in [3.63, 3.8) is 0 Å². The van der Waals surface area contributed by atoms with E-state index >= 15 is 0 Å². The zero-order chi connectivity index (χ0) is 54.1. The molecule has 0 N–H and O–H groups in total. The average Bonchev–Trinajstić information content (AvgIpc) is 4.33. The summed E-state index contributed by atoms with van der Waals surface area (Å²) >= 11 is 14.8. The van der Waals surface area contributed by atoms with E-state index in [9.17, 15) is 4.79 Å². The van der Waals surface area contributed by atoms with E-state index in [0.29, 0.717) is 0 Å². The van der Waals surface area contributed by atoms with E-state index in [-0.39, 0.29) is 0 Å². The zero-order valence-corrected chi connectivity index (χ0v) is 53.7. The number of thiazole rings is 2. The molecule has 0 radical (unpaired) electrons. The number of methoxy groups -OCH3 is 1. The van der Waals surface area contributed by atoms with Gasteiger partial charge in [-0.25, -0.2) is 9.97 Å². The summed E-state index contributed by atoms with van der Waals surface area (Å²) < 4.78 is 8.22. The van der Waals surface area contributed by atoms with Crippen molar-refractivity contribution in [3.05, 3.63) is 87.8 Å². The Labute approximate surface area is 498 Å². The number of benzene rings is 1. The number of aldehydes is 1. The summed E-state index contributed by atoms with van der Waals surface area (Å²) in [5.41, 5.74) is 7.82. The fraction of sp³-hybridized carbons (Fsp3) is 0.500. The fourth-order valence-electron chi connectivity index (χ4n) is 10.8. The second kappa shape index (κ2) is 30.6. The summed E-state index contributed by atoms with van der Waals surface area (Å²) in [7, 11) is 1.81. The minimum Gasteiger partial charge on any atom is -0.487 e. The van der Waals surface area contributed by atoms with E-state index in [2.05, 4.69) is 88.4 Å². The number of thiophene rings is 6. The first-order chi connectivity index (χ1) is 38.4. The Bertz CT molecular complexity index is 3200. The van der Waals surface area contributed by atoms with Crippen molar-refractivity contribution < 1.29 is 9.53 Å². The predicted molar refractivity (Wildman–Crippen MR) is 353 cm³/mol. The monoisotopic (exact) mass is 1190 g/mol. The van der Waals surface area contributed by atoms with Crippen LogP contribution in [-0.2, 0) is 25.7 Å². The van der Waals surface area contributed by atoms with E-state index in [1.807, 2.05) is 86.5 Å². The van der Waals surface area contributed by atoms with Gasteiger partial charge in [0.15, 0.2) is 11.3 Å². The molecule has 0 fully saturated rings. The van der Waals surface area contributed by atoms with Crippen LogP contribution in [0.1, 0.15) is 214 Å². The number of carbonyl (C=O) groups excluding carboxylic acids is 1. The van der Waals surface area contributed by atoms with Crippen LogP contribution < -0.4 is 4.74 Å². The minimum absolute atomic E-state index is 0.839. The smallest absolute Gasteiger partial charge is 0.174 e. The fourth-order valence-corrected chi connectivity index (χ4v) is 19.9. The van der Waals surface area contributed by atoms with Gasteiger partial charge in [-0.1, -0.05) is 167 Å². The van der Waals surface area contributed by atoms with Crippen molar-refractivity contribution in [3.8, 4) is 63.8 Å². The van der Waals surface area contributed by atoms with Crippen LogP contribution in [0.3, 0.4) is 0 Å². The lowest BCUT2D eigenvalue weighted by atomic mass is 10.0. The van der Waals surface area contributed by atoms with Gasteiger partial charge in [0.2, 0.25) is 0 Å². The summed E-state index contributed by atoms with van der Waals surface area (Å²) in [6, 6.07) is 23.4. The van der Waals surface area contributed by atoms with Crippen molar-refractivity contribution in [1.82, 2.24) is 9.97 Å². The van der Waals surface area contributed by atoms with Crippen LogP contribution in [0.25, 0.3) is 79.2 Å². The topological polar surface area (TPSA) is 52.1 Å². The zero-order valence-electron chi connectivity index (χ0n) is 47.1. The van der Waals surface area contributed by atoms with Gasteiger partial charge in [-0.3, -0.25) is 4.79 Å². The Hall–Kier alpha value is -3.33. The van der Waals surface area contributed by atoms with Crippen LogP contribution in [0.4, 0.5) is 0 Å². The van der Waals surface area contributed by atoms with Crippen LogP contribution in [-0.4, -0.2) is 23.4 Å². The lowest BCUT2D eigenvalue weighted by molar-refractivity contribution is 0.112. The number of aryl methyl sites for hydroxylation is 4. The summed E-state index contributed by atoms with van der Waals surface area (Å²) in [6.07, 6.45) is 36.4. The number of rotatable bonds is 36. The first-order valence-corrected chi connectivity index (χ1v) is 36.4. The number of unbranched alkanes of at least 4 members (excludes halogenated alkanes) is 20. The number of aromatic nitrogens is 2. The normalized spacial score (nSPS) is 11.9. The molecule has 0 aliphatic carbocycles. The van der Waals surface area contributed by atoms with Gasteiger partial charge in [0.25, 0.3) is 0 Å². The number of hydrogen-bond acceptors (Lipinski definition) is 12. The third-order valence-corrected chi connectivity index (χ3v) is 25.0. The van der Waals surface area contributed by atoms with E-state index in [1.54, 1.807) is 11.3 Å². The molecule has 0 spiro atoms. The van der Waals surface area contributed by atoms with E-state index in [1.165, 1.54) is 235 Å². The molecule has 9 rings (SSSR count). The standard InChI is InChI=1S/C66H82N2O2S8/c1-6-10-14-18-22-26-30-45-38-49(44-69)71-61(45)52-34-35-53(72-52)62-46(31-27-23-19-15-11-7-2)39-58(74-62)65-67-50-42-57-51(43-56(50)76-65)68-66(77-57)59-40-47(32-28-24-20-16-12-8-3)63(75-59)54-36-37-55(73-54)64-48(41-60(70-5)78-64)33-29-25-21-17-13-9-4/h34-44H,6-33H2,1-5H3. The Morgan fingerprint density at radius 1 is 0.372 bits per heavy atom. The van der Waals surface area contributed by atoms with Gasteiger partial charge in [0.1, 0.15) is 10.0 Å². The lowest BCUT2D eigenvalue weighted by Gasteiger charge is -2.04. The van der Waals surface area contributed by atoms with Gasteiger partial charge >= 0.3 is 0 Å². The molecule has 12 heteroatoms. The van der Waals surface area contributed by atoms with E-state index in [0.717, 1.165) is 63.0 Å².